The van der Waals surface area contributed by atoms with Crippen LogP contribution in [0.2, 0.25) is 0 Å². The van der Waals surface area contributed by atoms with Crippen LogP contribution in [0.3, 0.4) is 0 Å². The molecule has 1 nitrogen and oxygen atoms in total. The molecule has 0 aromatic heterocycles. The molecule has 0 fully saturated rings. The third-order valence-corrected chi connectivity index (χ3v) is 6.59. The van der Waals surface area contributed by atoms with Crippen molar-refractivity contribution >= 4 is 0 Å². The van der Waals surface area contributed by atoms with Crippen molar-refractivity contribution in [3.05, 3.63) is 0 Å². The molecule has 0 aliphatic carbocycles. The minimum Gasteiger partial charge on any atom is -0.303 e. The summed E-state index contributed by atoms with van der Waals surface area (Å²) in [6, 6.07) is 0. The Bertz CT molecular complexity index is 295. The molecule has 0 aliphatic heterocycles. The van der Waals surface area contributed by atoms with Gasteiger partial charge in [0.2, 0.25) is 0 Å². The third-order valence-electron chi connectivity index (χ3n) is 6.59. The van der Waals surface area contributed by atoms with Gasteiger partial charge in [-0.3, -0.25) is 0 Å². The average Bonchev–Trinajstić information content (AvgIpc) is 2.70. The zero-order valence-electron chi connectivity index (χ0n) is 22.2. The van der Waals surface area contributed by atoms with E-state index in [4.69, 9.17) is 0 Å². The van der Waals surface area contributed by atoms with E-state index in [1.807, 2.05) is 0 Å². The van der Waals surface area contributed by atoms with E-state index < -0.39 is 0 Å². The van der Waals surface area contributed by atoms with Gasteiger partial charge in [-0.05, 0) is 63.6 Å². The lowest BCUT2D eigenvalue weighted by atomic mass is 10.0. The van der Waals surface area contributed by atoms with Gasteiger partial charge >= 0.3 is 0 Å². The van der Waals surface area contributed by atoms with Crippen molar-refractivity contribution in [2.45, 2.75) is 157 Å². The largest absolute Gasteiger partial charge is 0.303 e. The Morgan fingerprint density at radius 2 is 0.700 bits per heavy atom. The van der Waals surface area contributed by atoms with Gasteiger partial charge in [0.05, 0.1) is 0 Å². The van der Waals surface area contributed by atoms with Crippen molar-refractivity contribution in [2.75, 3.05) is 19.6 Å². The first-order chi connectivity index (χ1) is 14.6. The molecule has 0 amide bonds. The molecule has 30 heavy (non-hydrogen) atoms. The van der Waals surface area contributed by atoms with E-state index in [1.165, 1.54) is 142 Å². The molecule has 1 heteroatoms. The van der Waals surface area contributed by atoms with Crippen LogP contribution in [-0.2, 0) is 0 Å². The number of unbranched alkanes of at least 4 members (excludes halogenated alkanes) is 14. The summed E-state index contributed by atoms with van der Waals surface area (Å²) < 4.78 is 0. The SMILES string of the molecule is CCCCCCCCCCCCCCCCCN(CCCC(C)C)CCCC(C)C. The molecule has 0 heterocycles. The smallest absolute Gasteiger partial charge is 0.00186 e. The fraction of sp³-hybridized carbons (Fsp3) is 1.00. The van der Waals surface area contributed by atoms with E-state index in [0.29, 0.717) is 0 Å². The van der Waals surface area contributed by atoms with E-state index in [0.717, 1.165) is 11.8 Å². The molecule has 0 unspecified atom stereocenters. The molecule has 0 atom stereocenters. The zero-order chi connectivity index (χ0) is 22.3. The Hall–Kier alpha value is -0.0400. The second kappa shape index (κ2) is 23.6. The summed E-state index contributed by atoms with van der Waals surface area (Å²) in [5, 5.41) is 0. The summed E-state index contributed by atoms with van der Waals surface area (Å²) in [6.45, 7) is 15.7. The number of hydrogen-bond donors (Lipinski definition) is 0. The van der Waals surface area contributed by atoms with Crippen LogP contribution in [0.4, 0.5) is 0 Å². The Morgan fingerprint density at radius 1 is 0.400 bits per heavy atom. The van der Waals surface area contributed by atoms with E-state index in [2.05, 4.69) is 39.5 Å². The molecule has 0 aliphatic rings. The highest BCUT2D eigenvalue weighted by Crippen LogP contribution is 2.14. The van der Waals surface area contributed by atoms with Gasteiger partial charge in [0.25, 0.3) is 0 Å². The molecule has 0 spiro atoms. The van der Waals surface area contributed by atoms with Crippen molar-refractivity contribution in [2.24, 2.45) is 11.8 Å². The molecule has 0 N–H and O–H groups in total. The van der Waals surface area contributed by atoms with E-state index in [1.54, 1.807) is 0 Å². The summed E-state index contributed by atoms with van der Waals surface area (Å²) in [6.07, 6.45) is 27.4. The first kappa shape index (κ1) is 30.0. The first-order valence-corrected chi connectivity index (χ1v) is 14.3. The van der Waals surface area contributed by atoms with Gasteiger partial charge in [-0.25, -0.2) is 0 Å². The Balaban J connectivity index is 3.52. The highest BCUT2D eigenvalue weighted by atomic mass is 15.1. The fourth-order valence-corrected chi connectivity index (χ4v) is 4.49. The molecule has 0 aromatic rings. The van der Waals surface area contributed by atoms with Crippen LogP contribution in [-0.4, -0.2) is 24.5 Å². The van der Waals surface area contributed by atoms with Crippen molar-refractivity contribution < 1.29 is 0 Å². The highest BCUT2D eigenvalue weighted by molar-refractivity contribution is 4.61. The van der Waals surface area contributed by atoms with Crippen LogP contribution in [0, 0.1) is 11.8 Å². The Kier molecular flexibility index (Phi) is 23.6. The van der Waals surface area contributed by atoms with Crippen molar-refractivity contribution in [1.29, 1.82) is 0 Å². The molecular formula is C29H61N. The van der Waals surface area contributed by atoms with Gasteiger partial charge in [-0.1, -0.05) is 125 Å². The lowest BCUT2D eigenvalue weighted by Gasteiger charge is -2.23. The molecule has 0 saturated heterocycles. The number of hydrogen-bond acceptors (Lipinski definition) is 1. The molecule has 0 aromatic carbocycles. The summed E-state index contributed by atoms with van der Waals surface area (Å²) in [4.78, 5) is 2.77. The second-order valence-electron chi connectivity index (χ2n) is 10.9. The van der Waals surface area contributed by atoms with Crippen LogP contribution >= 0.6 is 0 Å². The van der Waals surface area contributed by atoms with Gasteiger partial charge in [-0.2, -0.15) is 0 Å². The third kappa shape index (κ3) is 24.2. The van der Waals surface area contributed by atoms with E-state index in [9.17, 15) is 0 Å². The maximum atomic E-state index is 2.77. The summed E-state index contributed by atoms with van der Waals surface area (Å²) in [5.74, 6) is 1.71. The second-order valence-corrected chi connectivity index (χ2v) is 10.9. The average molecular weight is 424 g/mol. The number of rotatable bonds is 24. The topological polar surface area (TPSA) is 3.24 Å². The fourth-order valence-electron chi connectivity index (χ4n) is 4.49. The van der Waals surface area contributed by atoms with Crippen LogP contribution in [0.25, 0.3) is 0 Å². The van der Waals surface area contributed by atoms with Gasteiger partial charge in [0, 0.05) is 0 Å². The summed E-state index contributed by atoms with van der Waals surface area (Å²) >= 11 is 0. The van der Waals surface area contributed by atoms with Gasteiger partial charge in [-0.15, -0.1) is 0 Å². The predicted molar refractivity (Wildman–Crippen MR) is 140 cm³/mol. The zero-order valence-corrected chi connectivity index (χ0v) is 22.2. The molecule has 0 saturated carbocycles. The lowest BCUT2D eigenvalue weighted by Crippen LogP contribution is -2.27. The maximum Gasteiger partial charge on any atom is -0.00186 e. The molecule has 0 radical (unpaired) electrons. The first-order valence-electron chi connectivity index (χ1n) is 14.3. The van der Waals surface area contributed by atoms with Gasteiger partial charge < -0.3 is 4.90 Å². The minimum absolute atomic E-state index is 0.855. The summed E-state index contributed by atoms with van der Waals surface area (Å²) in [5.41, 5.74) is 0. The quantitative estimate of drug-likeness (QED) is 0.140. The van der Waals surface area contributed by atoms with Crippen LogP contribution in [0.1, 0.15) is 157 Å². The Labute approximate surface area is 193 Å². The van der Waals surface area contributed by atoms with Crippen molar-refractivity contribution in [3.63, 3.8) is 0 Å². The molecule has 0 bridgehead atoms. The van der Waals surface area contributed by atoms with Crippen molar-refractivity contribution in [1.82, 2.24) is 4.90 Å². The van der Waals surface area contributed by atoms with E-state index >= 15 is 0 Å². The lowest BCUT2D eigenvalue weighted by molar-refractivity contribution is 0.248. The van der Waals surface area contributed by atoms with Crippen LogP contribution in [0.15, 0.2) is 0 Å². The van der Waals surface area contributed by atoms with E-state index in [-0.39, 0.29) is 0 Å². The predicted octanol–water partition coefficient (Wildman–Crippen LogP) is 10.0. The van der Waals surface area contributed by atoms with Gasteiger partial charge in [0.1, 0.15) is 0 Å². The van der Waals surface area contributed by atoms with Crippen molar-refractivity contribution in [3.8, 4) is 0 Å². The monoisotopic (exact) mass is 423 g/mol. The van der Waals surface area contributed by atoms with Crippen LogP contribution < -0.4 is 0 Å². The number of nitrogens with zero attached hydrogens (tertiary/aromatic N) is 1. The molecular weight excluding hydrogens is 362 g/mol. The standard InChI is InChI=1S/C29H61N/c1-6-7-8-9-10-11-12-13-14-15-16-17-18-19-20-25-30(26-21-23-28(2)3)27-22-24-29(4)5/h28-29H,6-27H2,1-5H3. The Morgan fingerprint density at radius 3 is 1.03 bits per heavy atom. The molecule has 182 valence electrons. The van der Waals surface area contributed by atoms with Gasteiger partial charge in [0.15, 0.2) is 0 Å². The summed E-state index contributed by atoms with van der Waals surface area (Å²) in [7, 11) is 0. The molecule has 0 rings (SSSR count). The van der Waals surface area contributed by atoms with Crippen LogP contribution in [0.5, 0.6) is 0 Å². The maximum absolute atomic E-state index is 2.77. The minimum atomic E-state index is 0.855. The normalized spacial score (nSPS) is 12.0. The highest BCUT2D eigenvalue weighted by Gasteiger charge is 2.06.